The van der Waals surface area contributed by atoms with E-state index in [1.807, 2.05) is 12.1 Å². The molecule has 2 unspecified atom stereocenters. The molecule has 0 bridgehead atoms. The van der Waals surface area contributed by atoms with E-state index in [2.05, 4.69) is 36.5 Å². The lowest BCUT2D eigenvalue weighted by Gasteiger charge is -2.22. The first-order valence-corrected chi connectivity index (χ1v) is 7.27. The van der Waals surface area contributed by atoms with Crippen molar-refractivity contribution in [2.75, 3.05) is 0 Å². The van der Waals surface area contributed by atoms with Crippen molar-refractivity contribution in [1.29, 1.82) is 0 Å². The quantitative estimate of drug-likeness (QED) is 0.876. The molecule has 0 aromatic heterocycles. The van der Waals surface area contributed by atoms with Crippen LogP contribution in [0.3, 0.4) is 0 Å². The minimum atomic E-state index is -0.0588. The van der Waals surface area contributed by atoms with Gasteiger partial charge in [0.05, 0.1) is 0 Å². The molecule has 2 atom stereocenters. The van der Waals surface area contributed by atoms with Gasteiger partial charge in [-0.25, -0.2) is 4.39 Å². The molecule has 1 heterocycles. The standard InChI is InChI=1S/C18H20FN/c1-13-10-16-15(8-5-9-17(16)19)12-20-18(13)11-14-6-3-2-4-7-14/h2-9,13,18,20H,10-12H2,1H3. The molecule has 0 radical (unpaired) electrons. The first-order chi connectivity index (χ1) is 9.74. The summed E-state index contributed by atoms with van der Waals surface area (Å²) in [6, 6.07) is 16.3. The Bertz CT molecular complexity index is 579. The van der Waals surface area contributed by atoms with Crippen LogP contribution in [0, 0.1) is 11.7 Å². The molecule has 1 aliphatic rings. The van der Waals surface area contributed by atoms with Crippen molar-refractivity contribution < 1.29 is 4.39 Å². The molecule has 2 aromatic rings. The lowest BCUT2D eigenvalue weighted by Crippen LogP contribution is -2.35. The Labute approximate surface area is 119 Å². The van der Waals surface area contributed by atoms with Gasteiger partial charge in [-0.05, 0) is 41.5 Å². The van der Waals surface area contributed by atoms with E-state index in [-0.39, 0.29) is 5.82 Å². The van der Waals surface area contributed by atoms with E-state index in [4.69, 9.17) is 0 Å². The number of rotatable bonds is 2. The van der Waals surface area contributed by atoms with Gasteiger partial charge in [0.2, 0.25) is 0 Å². The highest BCUT2D eigenvalue weighted by atomic mass is 19.1. The van der Waals surface area contributed by atoms with Gasteiger partial charge in [0.25, 0.3) is 0 Å². The van der Waals surface area contributed by atoms with E-state index in [1.54, 1.807) is 12.1 Å². The Balaban J connectivity index is 1.79. The SMILES string of the molecule is CC1Cc2c(F)cccc2CNC1Cc1ccccc1. The third kappa shape index (κ3) is 2.75. The van der Waals surface area contributed by atoms with E-state index in [0.29, 0.717) is 12.0 Å². The summed E-state index contributed by atoms with van der Waals surface area (Å²) in [7, 11) is 0. The maximum atomic E-state index is 14.0. The molecule has 0 saturated carbocycles. The molecule has 0 fully saturated rings. The van der Waals surface area contributed by atoms with Gasteiger partial charge in [0.1, 0.15) is 5.82 Å². The fourth-order valence-corrected chi connectivity index (χ4v) is 3.05. The van der Waals surface area contributed by atoms with Crippen molar-refractivity contribution >= 4 is 0 Å². The maximum absolute atomic E-state index is 14.0. The van der Waals surface area contributed by atoms with Gasteiger partial charge in [0.15, 0.2) is 0 Å². The van der Waals surface area contributed by atoms with Crippen LogP contribution in [0.5, 0.6) is 0 Å². The minimum absolute atomic E-state index is 0.0588. The molecule has 20 heavy (non-hydrogen) atoms. The summed E-state index contributed by atoms with van der Waals surface area (Å²) in [6.45, 7) is 2.97. The molecule has 3 rings (SSSR count). The molecule has 1 nitrogen and oxygen atoms in total. The summed E-state index contributed by atoms with van der Waals surface area (Å²) in [5, 5.41) is 3.60. The second-order valence-corrected chi connectivity index (χ2v) is 5.74. The van der Waals surface area contributed by atoms with Crippen LogP contribution in [0.4, 0.5) is 4.39 Å². The van der Waals surface area contributed by atoms with Crippen molar-refractivity contribution in [3.05, 3.63) is 71.0 Å². The lowest BCUT2D eigenvalue weighted by atomic mass is 9.90. The fraction of sp³-hybridized carbons (Fsp3) is 0.333. The first kappa shape index (κ1) is 13.3. The monoisotopic (exact) mass is 269 g/mol. The van der Waals surface area contributed by atoms with Crippen molar-refractivity contribution in [3.63, 3.8) is 0 Å². The Morgan fingerprint density at radius 1 is 1.10 bits per heavy atom. The number of hydrogen-bond donors (Lipinski definition) is 1. The Kier molecular flexibility index (Phi) is 3.83. The van der Waals surface area contributed by atoms with Gasteiger partial charge >= 0.3 is 0 Å². The van der Waals surface area contributed by atoms with Crippen molar-refractivity contribution in [2.24, 2.45) is 5.92 Å². The number of hydrogen-bond acceptors (Lipinski definition) is 1. The predicted molar refractivity (Wildman–Crippen MR) is 80.0 cm³/mol. The van der Waals surface area contributed by atoms with Gasteiger partial charge in [0, 0.05) is 12.6 Å². The minimum Gasteiger partial charge on any atom is -0.309 e. The predicted octanol–water partition coefficient (Wildman–Crippen LogP) is 3.72. The van der Waals surface area contributed by atoms with E-state index in [0.717, 1.165) is 30.5 Å². The molecule has 2 heteroatoms. The Morgan fingerprint density at radius 3 is 2.70 bits per heavy atom. The fourth-order valence-electron chi connectivity index (χ4n) is 3.05. The van der Waals surface area contributed by atoms with Crippen molar-refractivity contribution in [3.8, 4) is 0 Å². The molecule has 2 aromatic carbocycles. The first-order valence-electron chi connectivity index (χ1n) is 7.27. The van der Waals surface area contributed by atoms with E-state index in [9.17, 15) is 4.39 Å². The number of benzene rings is 2. The van der Waals surface area contributed by atoms with Gasteiger partial charge in [-0.3, -0.25) is 0 Å². The largest absolute Gasteiger partial charge is 0.309 e. The number of fused-ring (bicyclic) bond motifs is 1. The average molecular weight is 269 g/mol. The second-order valence-electron chi connectivity index (χ2n) is 5.74. The van der Waals surface area contributed by atoms with Crippen LogP contribution in [0.1, 0.15) is 23.6 Å². The van der Waals surface area contributed by atoms with E-state index >= 15 is 0 Å². The summed E-state index contributed by atoms with van der Waals surface area (Å²) in [5.74, 6) is 0.366. The third-order valence-electron chi connectivity index (χ3n) is 4.28. The summed E-state index contributed by atoms with van der Waals surface area (Å²) < 4.78 is 14.0. The smallest absolute Gasteiger partial charge is 0.126 e. The van der Waals surface area contributed by atoms with Gasteiger partial charge in [-0.2, -0.15) is 0 Å². The van der Waals surface area contributed by atoms with Crippen LogP contribution in [-0.4, -0.2) is 6.04 Å². The van der Waals surface area contributed by atoms with Crippen LogP contribution in [0.2, 0.25) is 0 Å². The number of nitrogens with one attached hydrogen (secondary N) is 1. The highest BCUT2D eigenvalue weighted by Gasteiger charge is 2.24. The molecular weight excluding hydrogens is 249 g/mol. The molecule has 0 aliphatic carbocycles. The summed E-state index contributed by atoms with van der Waals surface area (Å²) in [4.78, 5) is 0. The second kappa shape index (κ2) is 5.76. The van der Waals surface area contributed by atoms with Crippen molar-refractivity contribution in [1.82, 2.24) is 5.32 Å². The van der Waals surface area contributed by atoms with Crippen LogP contribution in [0.15, 0.2) is 48.5 Å². The van der Waals surface area contributed by atoms with Crippen LogP contribution < -0.4 is 5.32 Å². The van der Waals surface area contributed by atoms with E-state index in [1.165, 1.54) is 5.56 Å². The molecule has 0 amide bonds. The third-order valence-corrected chi connectivity index (χ3v) is 4.28. The van der Waals surface area contributed by atoms with Gasteiger partial charge < -0.3 is 5.32 Å². The molecule has 0 spiro atoms. The van der Waals surface area contributed by atoms with Crippen LogP contribution >= 0.6 is 0 Å². The lowest BCUT2D eigenvalue weighted by molar-refractivity contribution is 0.381. The topological polar surface area (TPSA) is 12.0 Å². The van der Waals surface area contributed by atoms with Crippen molar-refractivity contribution in [2.45, 2.75) is 32.4 Å². The Hall–Kier alpha value is -1.67. The zero-order valence-corrected chi connectivity index (χ0v) is 11.8. The molecule has 104 valence electrons. The zero-order chi connectivity index (χ0) is 13.9. The summed E-state index contributed by atoms with van der Waals surface area (Å²) in [6.07, 6.45) is 1.81. The summed E-state index contributed by atoms with van der Waals surface area (Å²) in [5.41, 5.74) is 3.33. The molecule has 0 saturated heterocycles. The van der Waals surface area contributed by atoms with E-state index < -0.39 is 0 Å². The molecule has 1 N–H and O–H groups in total. The molecular formula is C18H20FN. The van der Waals surface area contributed by atoms with Gasteiger partial charge in [-0.15, -0.1) is 0 Å². The van der Waals surface area contributed by atoms with Crippen LogP contribution in [0.25, 0.3) is 0 Å². The molecule has 1 aliphatic heterocycles. The summed E-state index contributed by atoms with van der Waals surface area (Å²) >= 11 is 0. The highest BCUT2D eigenvalue weighted by molar-refractivity contribution is 5.30. The number of halogens is 1. The van der Waals surface area contributed by atoms with Crippen LogP contribution in [-0.2, 0) is 19.4 Å². The highest BCUT2D eigenvalue weighted by Crippen LogP contribution is 2.24. The van der Waals surface area contributed by atoms with Gasteiger partial charge in [-0.1, -0.05) is 49.4 Å². The normalized spacial score (nSPS) is 22.1. The average Bonchev–Trinajstić information content (AvgIpc) is 2.62. The Morgan fingerprint density at radius 2 is 1.90 bits per heavy atom. The maximum Gasteiger partial charge on any atom is 0.126 e. The zero-order valence-electron chi connectivity index (χ0n) is 11.8.